The second-order valence-corrected chi connectivity index (χ2v) is 4.12. The minimum absolute atomic E-state index is 0.374. The summed E-state index contributed by atoms with van der Waals surface area (Å²) < 4.78 is 5.17. The molecule has 2 fully saturated rings. The number of hydrogen-bond donors (Lipinski definition) is 1. The molecule has 0 radical (unpaired) electrons. The predicted octanol–water partition coefficient (Wildman–Crippen LogP) is 0.0543. The van der Waals surface area contributed by atoms with E-state index in [4.69, 9.17) is 10.5 Å². The van der Waals surface area contributed by atoms with Gasteiger partial charge in [-0.25, -0.2) is 0 Å². The summed E-state index contributed by atoms with van der Waals surface area (Å²) in [4.78, 5) is 2.48. The molecule has 12 heavy (non-hydrogen) atoms. The van der Waals surface area contributed by atoms with E-state index < -0.39 is 0 Å². The summed E-state index contributed by atoms with van der Waals surface area (Å²) in [5.74, 6) is 0.697. The summed E-state index contributed by atoms with van der Waals surface area (Å²) in [7, 11) is 0. The molecule has 3 heteroatoms. The minimum Gasteiger partial charge on any atom is -0.378 e. The maximum Gasteiger partial charge on any atom is 0.0645 e. The second-order valence-electron chi connectivity index (χ2n) is 4.12. The van der Waals surface area contributed by atoms with Crippen LogP contribution in [0.1, 0.15) is 13.3 Å². The van der Waals surface area contributed by atoms with Gasteiger partial charge in [0.25, 0.3) is 0 Å². The maximum atomic E-state index is 6.00. The highest BCUT2D eigenvalue weighted by Gasteiger charge is 2.31. The van der Waals surface area contributed by atoms with Gasteiger partial charge in [-0.05, 0) is 18.9 Å². The zero-order chi connectivity index (χ0) is 8.55. The van der Waals surface area contributed by atoms with Crippen LogP contribution in [-0.2, 0) is 4.74 Å². The van der Waals surface area contributed by atoms with Crippen LogP contribution in [0.2, 0.25) is 0 Å². The Kier molecular flexibility index (Phi) is 2.35. The largest absolute Gasteiger partial charge is 0.378 e. The van der Waals surface area contributed by atoms with E-state index in [-0.39, 0.29) is 0 Å². The highest BCUT2D eigenvalue weighted by atomic mass is 16.5. The second kappa shape index (κ2) is 3.32. The van der Waals surface area contributed by atoms with Crippen molar-refractivity contribution in [2.45, 2.75) is 25.4 Å². The van der Waals surface area contributed by atoms with Gasteiger partial charge in [0.2, 0.25) is 0 Å². The molecule has 0 aliphatic carbocycles. The molecule has 0 aromatic carbocycles. The first-order valence-corrected chi connectivity index (χ1v) is 4.85. The molecule has 70 valence electrons. The van der Waals surface area contributed by atoms with Crippen molar-refractivity contribution in [1.29, 1.82) is 0 Å². The van der Waals surface area contributed by atoms with Crippen molar-refractivity contribution in [2.24, 2.45) is 11.7 Å². The van der Waals surface area contributed by atoms with Gasteiger partial charge in [-0.2, -0.15) is 0 Å². The van der Waals surface area contributed by atoms with Crippen LogP contribution in [0.25, 0.3) is 0 Å². The third-order valence-electron chi connectivity index (χ3n) is 3.18. The van der Waals surface area contributed by atoms with Gasteiger partial charge in [-0.15, -0.1) is 0 Å². The van der Waals surface area contributed by atoms with Crippen molar-refractivity contribution >= 4 is 0 Å². The monoisotopic (exact) mass is 170 g/mol. The molecule has 2 N–H and O–H groups in total. The third kappa shape index (κ3) is 1.49. The normalized spacial score (nSPS) is 39.5. The average molecular weight is 170 g/mol. The van der Waals surface area contributed by atoms with Gasteiger partial charge in [-0.1, -0.05) is 6.92 Å². The lowest BCUT2D eigenvalue weighted by Gasteiger charge is -2.43. The fraction of sp³-hybridized carbons (Fsp3) is 1.00. The summed E-state index contributed by atoms with van der Waals surface area (Å²) >= 11 is 0. The predicted molar refractivity (Wildman–Crippen MR) is 47.9 cm³/mol. The molecule has 3 nitrogen and oxygen atoms in total. The SMILES string of the molecule is CC1CCN(C2COC2)CC1N. The van der Waals surface area contributed by atoms with E-state index in [1.54, 1.807) is 0 Å². The lowest BCUT2D eigenvalue weighted by Crippen LogP contribution is -2.57. The van der Waals surface area contributed by atoms with Crippen LogP contribution in [0, 0.1) is 5.92 Å². The molecule has 0 bridgehead atoms. The Bertz CT molecular complexity index is 159. The average Bonchev–Trinajstić information content (AvgIpc) is 1.93. The molecule has 2 saturated heterocycles. The minimum atomic E-state index is 0.374. The van der Waals surface area contributed by atoms with Crippen LogP contribution in [0.4, 0.5) is 0 Å². The standard InChI is InChI=1S/C9H18N2O/c1-7-2-3-11(4-9(7)10)8-5-12-6-8/h7-9H,2-6,10H2,1H3. The summed E-state index contributed by atoms with van der Waals surface area (Å²) in [5.41, 5.74) is 6.00. The maximum absolute atomic E-state index is 6.00. The van der Waals surface area contributed by atoms with Crippen LogP contribution >= 0.6 is 0 Å². The molecule has 2 rings (SSSR count). The number of nitrogens with zero attached hydrogens (tertiary/aromatic N) is 1. The molecule has 0 aromatic heterocycles. The van der Waals surface area contributed by atoms with Crippen LogP contribution in [0.15, 0.2) is 0 Å². The first kappa shape index (κ1) is 8.48. The Morgan fingerprint density at radius 2 is 2.17 bits per heavy atom. The first-order valence-electron chi connectivity index (χ1n) is 4.85. The van der Waals surface area contributed by atoms with Crippen molar-refractivity contribution < 1.29 is 4.74 Å². The fourth-order valence-corrected chi connectivity index (χ4v) is 1.89. The Balaban J connectivity index is 1.84. The van der Waals surface area contributed by atoms with E-state index in [1.165, 1.54) is 13.0 Å². The molecule has 0 spiro atoms. The number of nitrogens with two attached hydrogens (primary N) is 1. The van der Waals surface area contributed by atoms with Crippen LogP contribution in [-0.4, -0.2) is 43.3 Å². The Morgan fingerprint density at radius 3 is 2.67 bits per heavy atom. The van der Waals surface area contributed by atoms with Crippen molar-refractivity contribution in [3.05, 3.63) is 0 Å². The smallest absolute Gasteiger partial charge is 0.0645 e. The molecule has 2 heterocycles. The van der Waals surface area contributed by atoms with Gasteiger partial charge >= 0.3 is 0 Å². The topological polar surface area (TPSA) is 38.5 Å². The highest BCUT2D eigenvalue weighted by Crippen LogP contribution is 2.20. The molecular formula is C9H18N2O. The van der Waals surface area contributed by atoms with E-state index >= 15 is 0 Å². The molecule has 2 atom stereocenters. The van der Waals surface area contributed by atoms with Crippen molar-refractivity contribution in [3.8, 4) is 0 Å². The Morgan fingerprint density at radius 1 is 1.42 bits per heavy atom. The van der Waals surface area contributed by atoms with E-state index in [0.29, 0.717) is 18.0 Å². The van der Waals surface area contributed by atoms with Crippen LogP contribution in [0.5, 0.6) is 0 Å². The van der Waals surface area contributed by atoms with Crippen LogP contribution in [0.3, 0.4) is 0 Å². The number of rotatable bonds is 1. The molecule has 2 aliphatic rings. The number of piperidine rings is 1. The van der Waals surface area contributed by atoms with Crippen molar-refractivity contribution in [2.75, 3.05) is 26.3 Å². The van der Waals surface area contributed by atoms with Gasteiger partial charge in [-0.3, -0.25) is 4.90 Å². The van der Waals surface area contributed by atoms with Crippen molar-refractivity contribution in [3.63, 3.8) is 0 Å². The lowest BCUT2D eigenvalue weighted by molar-refractivity contribution is -0.0756. The first-order chi connectivity index (χ1) is 5.77. The Hall–Kier alpha value is -0.120. The summed E-state index contributed by atoms with van der Waals surface area (Å²) in [5, 5.41) is 0. The number of hydrogen-bond acceptors (Lipinski definition) is 3. The van der Waals surface area contributed by atoms with E-state index in [0.717, 1.165) is 19.8 Å². The van der Waals surface area contributed by atoms with Crippen molar-refractivity contribution in [1.82, 2.24) is 4.90 Å². The summed E-state index contributed by atoms with van der Waals surface area (Å²) in [6, 6.07) is 1.04. The van der Waals surface area contributed by atoms with Crippen LogP contribution < -0.4 is 5.73 Å². The highest BCUT2D eigenvalue weighted by molar-refractivity contribution is 4.86. The zero-order valence-corrected chi connectivity index (χ0v) is 7.70. The Labute approximate surface area is 73.9 Å². The molecular weight excluding hydrogens is 152 g/mol. The van der Waals surface area contributed by atoms with Gasteiger partial charge < -0.3 is 10.5 Å². The molecule has 2 unspecified atom stereocenters. The molecule has 0 aromatic rings. The number of ether oxygens (including phenoxy) is 1. The lowest BCUT2D eigenvalue weighted by atomic mass is 9.93. The fourth-order valence-electron chi connectivity index (χ4n) is 1.89. The third-order valence-corrected chi connectivity index (χ3v) is 3.18. The van der Waals surface area contributed by atoms with E-state index in [2.05, 4.69) is 11.8 Å². The molecule has 2 aliphatic heterocycles. The zero-order valence-electron chi connectivity index (χ0n) is 7.70. The quantitative estimate of drug-likeness (QED) is 0.604. The van der Waals surface area contributed by atoms with Gasteiger partial charge in [0.15, 0.2) is 0 Å². The summed E-state index contributed by atoms with van der Waals surface area (Å²) in [6.45, 7) is 6.36. The number of likely N-dealkylation sites (tertiary alicyclic amines) is 1. The molecule has 0 saturated carbocycles. The van der Waals surface area contributed by atoms with Gasteiger partial charge in [0.05, 0.1) is 19.3 Å². The van der Waals surface area contributed by atoms with E-state index in [1.807, 2.05) is 0 Å². The molecule has 0 amide bonds. The van der Waals surface area contributed by atoms with E-state index in [9.17, 15) is 0 Å². The van der Waals surface area contributed by atoms with Gasteiger partial charge in [0.1, 0.15) is 0 Å². The van der Waals surface area contributed by atoms with Gasteiger partial charge in [0, 0.05) is 12.6 Å². The summed E-state index contributed by atoms with van der Waals surface area (Å²) in [6.07, 6.45) is 1.25.